The fourth-order valence-electron chi connectivity index (χ4n) is 1.55. The summed E-state index contributed by atoms with van der Waals surface area (Å²) >= 11 is 3.50. The SMILES string of the molecule is CCCCCC1=C(C(=O)OCC)SCCS1. The number of unbranched alkanes of at least 4 members (excludes halogenated alkanes) is 2. The molecule has 0 bridgehead atoms. The molecule has 1 rings (SSSR count). The fourth-order valence-corrected chi connectivity index (χ4v) is 3.96. The van der Waals surface area contributed by atoms with Gasteiger partial charge in [0.05, 0.1) is 6.61 Å². The zero-order chi connectivity index (χ0) is 11.8. The Kier molecular flexibility index (Phi) is 7.05. The van der Waals surface area contributed by atoms with E-state index in [1.165, 1.54) is 24.2 Å². The second-order valence-corrected chi connectivity index (χ2v) is 5.92. The van der Waals surface area contributed by atoms with Gasteiger partial charge in [-0.15, -0.1) is 23.5 Å². The van der Waals surface area contributed by atoms with Crippen LogP contribution in [0.4, 0.5) is 0 Å². The van der Waals surface area contributed by atoms with E-state index in [4.69, 9.17) is 4.74 Å². The van der Waals surface area contributed by atoms with Crippen molar-refractivity contribution in [2.45, 2.75) is 39.5 Å². The zero-order valence-electron chi connectivity index (χ0n) is 10.1. The predicted molar refractivity (Wildman–Crippen MR) is 72.7 cm³/mol. The first-order valence-electron chi connectivity index (χ1n) is 5.95. The van der Waals surface area contributed by atoms with E-state index in [0.717, 1.165) is 22.8 Å². The molecular formula is C12H20O2S2. The molecule has 1 aliphatic heterocycles. The van der Waals surface area contributed by atoms with Crippen molar-refractivity contribution in [3.05, 3.63) is 9.81 Å². The van der Waals surface area contributed by atoms with E-state index in [9.17, 15) is 4.79 Å². The number of thioether (sulfide) groups is 2. The summed E-state index contributed by atoms with van der Waals surface area (Å²) in [6.07, 6.45) is 4.69. The molecule has 1 aliphatic rings. The van der Waals surface area contributed by atoms with Gasteiger partial charge in [-0.05, 0) is 19.8 Å². The maximum Gasteiger partial charge on any atom is 0.345 e. The highest BCUT2D eigenvalue weighted by molar-refractivity contribution is 8.10. The molecule has 0 saturated heterocycles. The number of carbonyl (C=O) groups is 1. The minimum atomic E-state index is -0.119. The molecule has 0 aromatic carbocycles. The molecule has 0 saturated carbocycles. The topological polar surface area (TPSA) is 26.3 Å². The van der Waals surface area contributed by atoms with Crippen LogP contribution in [0.25, 0.3) is 0 Å². The quantitative estimate of drug-likeness (QED) is 0.536. The molecule has 0 amide bonds. The molecule has 0 aliphatic carbocycles. The van der Waals surface area contributed by atoms with Crippen LogP contribution in [0.1, 0.15) is 39.5 Å². The highest BCUT2D eigenvalue weighted by Gasteiger charge is 2.20. The summed E-state index contributed by atoms with van der Waals surface area (Å²) in [6.45, 7) is 4.52. The lowest BCUT2D eigenvalue weighted by atomic mass is 10.2. The van der Waals surface area contributed by atoms with E-state index >= 15 is 0 Å². The van der Waals surface area contributed by atoms with Gasteiger partial charge in [0.1, 0.15) is 4.91 Å². The van der Waals surface area contributed by atoms with Crippen LogP contribution in [-0.2, 0) is 9.53 Å². The Morgan fingerprint density at radius 1 is 1.25 bits per heavy atom. The zero-order valence-corrected chi connectivity index (χ0v) is 11.7. The maximum atomic E-state index is 11.7. The Bertz CT molecular complexity index is 262. The second kappa shape index (κ2) is 8.07. The van der Waals surface area contributed by atoms with Crippen LogP contribution in [0.15, 0.2) is 9.81 Å². The van der Waals surface area contributed by atoms with Gasteiger partial charge in [0.2, 0.25) is 0 Å². The molecule has 1 heterocycles. The van der Waals surface area contributed by atoms with Crippen LogP contribution in [0.2, 0.25) is 0 Å². The lowest BCUT2D eigenvalue weighted by Gasteiger charge is -2.18. The highest BCUT2D eigenvalue weighted by atomic mass is 32.2. The Balaban J connectivity index is 2.59. The summed E-state index contributed by atoms with van der Waals surface area (Å²) in [7, 11) is 0. The van der Waals surface area contributed by atoms with Crippen molar-refractivity contribution >= 4 is 29.5 Å². The normalized spacial score (nSPS) is 16.4. The third-order valence-electron chi connectivity index (χ3n) is 2.33. The summed E-state index contributed by atoms with van der Waals surface area (Å²) in [5.41, 5.74) is 0. The van der Waals surface area contributed by atoms with Crippen LogP contribution in [0.3, 0.4) is 0 Å². The van der Waals surface area contributed by atoms with E-state index in [1.807, 2.05) is 18.7 Å². The largest absolute Gasteiger partial charge is 0.462 e. The number of hydrogen-bond donors (Lipinski definition) is 0. The Labute approximate surface area is 107 Å². The van der Waals surface area contributed by atoms with Crippen LogP contribution in [0, 0.1) is 0 Å². The number of hydrogen-bond acceptors (Lipinski definition) is 4. The van der Waals surface area contributed by atoms with Crippen molar-refractivity contribution in [2.75, 3.05) is 18.1 Å². The summed E-state index contributed by atoms with van der Waals surface area (Å²) in [6, 6.07) is 0. The van der Waals surface area contributed by atoms with Crippen molar-refractivity contribution in [2.24, 2.45) is 0 Å². The Morgan fingerprint density at radius 2 is 2.00 bits per heavy atom. The second-order valence-electron chi connectivity index (χ2n) is 3.63. The van der Waals surface area contributed by atoms with Gasteiger partial charge in [0.15, 0.2) is 0 Å². The number of esters is 1. The minimum Gasteiger partial charge on any atom is -0.462 e. The van der Waals surface area contributed by atoms with Crippen molar-refractivity contribution in [3.63, 3.8) is 0 Å². The third kappa shape index (κ3) is 4.42. The van der Waals surface area contributed by atoms with Crippen molar-refractivity contribution in [3.8, 4) is 0 Å². The smallest absolute Gasteiger partial charge is 0.345 e. The number of carbonyl (C=O) groups excluding carboxylic acids is 1. The first kappa shape index (κ1) is 14.0. The minimum absolute atomic E-state index is 0.119. The molecule has 0 atom stereocenters. The van der Waals surface area contributed by atoms with Gasteiger partial charge in [0, 0.05) is 16.4 Å². The lowest BCUT2D eigenvalue weighted by Crippen LogP contribution is -2.11. The molecule has 4 heteroatoms. The molecule has 0 spiro atoms. The molecule has 0 radical (unpaired) electrons. The van der Waals surface area contributed by atoms with Gasteiger partial charge in [-0.1, -0.05) is 19.8 Å². The van der Waals surface area contributed by atoms with Crippen LogP contribution >= 0.6 is 23.5 Å². The van der Waals surface area contributed by atoms with Gasteiger partial charge >= 0.3 is 5.97 Å². The molecule has 0 aromatic heterocycles. The van der Waals surface area contributed by atoms with Gasteiger partial charge in [0.25, 0.3) is 0 Å². The summed E-state index contributed by atoms with van der Waals surface area (Å²) in [4.78, 5) is 13.8. The van der Waals surface area contributed by atoms with Gasteiger partial charge in [-0.2, -0.15) is 0 Å². The van der Waals surface area contributed by atoms with Gasteiger partial charge in [-0.3, -0.25) is 0 Å². The first-order chi connectivity index (χ1) is 7.79. The Hall–Kier alpha value is -0.0900. The standard InChI is InChI=1S/C12H20O2S2/c1-3-5-6-7-10-11(12(13)14-4-2)16-9-8-15-10/h3-9H2,1-2H3. The van der Waals surface area contributed by atoms with Crippen LogP contribution < -0.4 is 0 Å². The summed E-state index contributed by atoms with van der Waals surface area (Å²) < 4.78 is 5.09. The van der Waals surface area contributed by atoms with Crippen molar-refractivity contribution in [1.29, 1.82) is 0 Å². The molecular weight excluding hydrogens is 240 g/mol. The van der Waals surface area contributed by atoms with Crippen molar-refractivity contribution in [1.82, 2.24) is 0 Å². The summed E-state index contributed by atoms with van der Waals surface area (Å²) in [5.74, 6) is 2.02. The molecule has 2 nitrogen and oxygen atoms in total. The average Bonchev–Trinajstić information content (AvgIpc) is 2.30. The molecule has 92 valence electrons. The maximum absolute atomic E-state index is 11.7. The highest BCUT2D eigenvalue weighted by Crippen LogP contribution is 2.37. The van der Waals surface area contributed by atoms with E-state index in [-0.39, 0.29) is 5.97 Å². The molecule has 0 N–H and O–H groups in total. The molecule has 0 fully saturated rings. The molecule has 0 aromatic rings. The van der Waals surface area contributed by atoms with Crippen LogP contribution in [0.5, 0.6) is 0 Å². The number of ether oxygens (including phenoxy) is 1. The lowest BCUT2D eigenvalue weighted by molar-refractivity contribution is -0.137. The molecule has 0 unspecified atom stereocenters. The first-order valence-corrected chi connectivity index (χ1v) is 7.92. The monoisotopic (exact) mass is 260 g/mol. The van der Waals surface area contributed by atoms with Crippen LogP contribution in [-0.4, -0.2) is 24.1 Å². The van der Waals surface area contributed by atoms with E-state index in [2.05, 4.69) is 6.92 Å². The van der Waals surface area contributed by atoms with Crippen molar-refractivity contribution < 1.29 is 9.53 Å². The molecule has 16 heavy (non-hydrogen) atoms. The van der Waals surface area contributed by atoms with E-state index in [0.29, 0.717) is 6.61 Å². The fraction of sp³-hybridized carbons (Fsp3) is 0.750. The average molecular weight is 260 g/mol. The third-order valence-corrected chi connectivity index (χ3v) is 4.99. The summed E-state index contributed by atoms with van der Waals surface area (Å²) in [5, 5.41) is 0. The number of rotatable bonds is 6. The van der Waals surface area contributed by atoms with E-state index in [1.54, 1.807) is 11.8 Å². The Morgan fingerprint density at radius 3 is 2.69 bits per heavy atom. The predicted octanol–water partition coefficient (Wildman–Crippen LogP) is 3.82. The van der Waals surface area contributed by atoms with Gasteiger partial charge in [-0.25, -0.2) is 4.79 Å². The van der Waals surface area contributed by atoms with E-state index < -0.39 is 0 Å². The van der Waals surface area contributed by atoms with Gasteiger partial charge < -0.3 is 4.74 Å². The number of allylic oxidation sites excluding steroid dienone is 1.